The van der Waals surface area contributed by atoms with Crippen LogP contribution in [0, 0.1) is 29.1 Å². The number of ether oxygens (including phenoxy) is 5. The SMILES string of the molecule is CCCCCCCCNCCCCCCCC.CCCCN(CCCC)c1c(F)c(F)c(F)c(F)c1F.CCCCN(CCCC)c1ccccc1.CCCC[N+](CCCC)(CCCC)CCCC.COCCN(CCOC)CCOCCOCCOc1c(CO)cccc1CO.O.c1ccc(-c2nc(-c3ccccc3)c(-c3ccccc3)[nH]2)cc1.c1ccc(C2=Nc3ccccc3C2)cc1. The lowest BCUT2D eigenvalue weighted by Gasteiger charge is -2.39. The third kappa shape index (κ3) is 49.2. The van der Waals surface area contributed by atoms with Crippen molar-refractivity contribution in [3.05, 3.63) is 245 Å². The normalized spacial score (nSPS) is 11.2. The van der Waals surface area contributed by atoms with Gasteiger partial charge >= 0.3 is 0 Å². The lowest BCUT2D eigenvalue weighted by Crippen LogP contribution is -2.50. The van der Waals surface area contributed by atoms with E-state index < -0.39 is 34.8 Å². The molecule has 16 nitrogen and oxygen atoms in total. The number of nitrogens with zero attached hydrogens (tertiary/aromatic N) is 6. The second-order valence-electron chi connectivity index (χ2n) is 34.8. The zero-order chi connectivity index (χ0) is 97.8. The fourth-order valence-electron chi connectivity index (χ4n) is 15.7. The molecule has 10 rings (SSSR count). The highest BCUT2D eigenvalue weighted by atomic mass is 19.2. The van der Waals surface area contributed by atoms with E-state index >= 15 is 0 Å². The van der Waals surface area contributed by atoms with E-state index in [1.165, 1.54) is 238 Å². The Morgan fingerprint density at radius 2 is 0.743 bits per heavy atom. The smallest absolute Gasteiger partial charge is 0.200 e. The summed E-state index contributed by atoms with van der Waals surface area (Å²) in [5, 5.41) is 22.3. The van der Waals surface area contributed by atoms with Crippen LogP contribution in [0.25, 0.3) is 33.9 Å². The van der Waals surface area contributed by atoms with Crippen LogP contribution in [0.4, 0.5) is 39.0 Å². The fraction of sp³-hybridized carbons (Fsp3) is 0.548. The topological polar surface area (TPSA) is 181 Å². The standard InChI is InChI=1S/C21H16N2.C20H35NO7.C16H36N.C16H35N.C14H18F5N.C14H11N.C14H23N.H2O/c1-4-10-16(11-5-1)19-20(17-12-6-2-7-13-17)23-21(22-19)18-14-8-3-9-15-18;1-24-9-6-21(7-10-25-2)8-11-26-12-13-27-14-15-28-20-18(16-22)4-3-5-19(20)17-23;1-5-9-13-17(14-10-6-2,15-11-7-3)16-12-8-4;1-3-5-7-9-11-13-15-17-16-14-12-10-8-6-4-2;1-3-5-7-20(8-6-4-2)14-12(18)10(16)9(15)11(17)13(14)19;1-2-6-11(7-3-1)14-10-12-8-4-5-9-13(12)15-14;1-3-5-12-15(13-6-4-2)14-10-8-7-9-11-14;/h1-15H,(H,22,23);3-5,22-23H,6-17H2,1-2H3;5-16H2,1-4H3;17H,3-16H2,1-2H3;3-8H2,1-2H3;1-9H,10H2;7-11H,3-6,12-13H2,1-2H3;1H2/q;;+1;;;;;. The number of anilines is 2. The van der Waals surface area contributed by atoms with E-state index in [2.05, 4.69) is 190 Å². The van der Waals surface area contributed by atoms with Gasteiger partial charge in [0.05, 0.1) is 102 Å². The fourth-order valence-corrected chi connectivity index (χ4v) is 15.7. The summed E-state index contributed by atoms with van der Waals surface area (Å²) in [5.74, 6) is -7.99. The van der Waals surface area contributed by atoms with Gasteiger partial charge in [-0.05, 0) is 107 Å². The summed E-state index contributed by atoms with van der Waals surface area (Å²) in [4.78, 5) is 19.0. The van der Waals surface area contributed by atoms with Gasteiger partial charge in [-0.2, -0.15) is 0 Å². The molecule has 0 radical (unpaired) electrons. The number of methoxy groups -OCH3 is 2. The average molecular weight is 1890 g/mol. The molecule has 1 aromatic heterocycles. The number of aromatic nitrogens is 2. The molecule has 2 heterocycles. The number of fused-ring (bicyclic) bond motifs is 1. The van der Waals surface area contributed by atoms with Crippen molar-refractivity contribution >= 4 is 22.8 Å². The van der Waals surface area contributed by atoms with Gasteiger partial charge in [-0.15, -0.1) is 0 Å². The van der Waals surface area contributed by atoms with Crippen molar-refractivity contribution in [1.29, 1.82) is 0 Å². The highest BCUT2D eigenvalue weighted by molar-refractivity contribution is 6.06. The number of hydrogen-bond acceptors (Lipinski definition) is 13. The summed E-state index contributed by atoms with van der Waals surface area (Å²) in [6.45, 7) is 39.2. The Labute approximate surface area is 818 Å². The minimum Gasteiger partial charge on any atom is -0.490 e. The van der Waals surface area contributed by atoms with Crippen molar-refractivity contribution < 1.29 is 65.8 Å². The zero-order valence-corrected chi connectivity index (χ0v) is 85.5. The summed E-state index contributed by atoms with van der Waals surface area (Å²) in [5.41, 5.74) is 12.1. The minimum absolute atomic E-state index is 0. The number of halogens is 5. The second-order valence-corrected chi connectivity index (χ2v) is 34.8. The molecule has 9 aromatic rings. The number of aliphatic hydroxyl groups excluding tert-OH is 2. The van der Waals surface area contributed by atoms with Crippen molar-refractivity contribution in [3.63, 3.8) is 0 Å². The minimum atomic E-state index is -2.12. The molecule has 21 heteroatoms. The number of aliphatic hydroxyl groups is 2. The molecule has 0 amide bonds. The first-order valence-corrected chi connectivity index (χ1v) is 51.5. The quantitative estimate of drug-likeness (QED) is 0.00933. The maximum atomic E-state index is 13.7. The molecule has 0 spiro atoms. The number of unbranched alkanes of at least 4 members (excludes halogenated alkanes) is 18. The van der Waals surface area contributed by atoms with Crippen LogP contribution in [-0.2, 0) is 38.6 Å². The van der Waals surface area contributed by atoms with Gasteiger partial charge in [-0.3, -0.25) is 9.89 Å². The number of hydrogen-bond donors (Lipinski definition) is 4. The molecule has 6 N–H and O–H groups in total. The molecule has 1 aliphatic rings. The maximum absolute atomic E-state index is 13.7. The van der Waals surface area contributed by atoms with Gasteiger partial charge in [0.1, 0.15) is 23.9 Å². The van der Waals surface area contributed by atoms with Gasteiger partial charge in [0.2, 0.25) is 5.82 Å². The first-order valence-electron chi connectivity index (χ1n) is 51.5. The number of para-hydroxylation sites is 3. The van der Waals surface area contributed by atoms with Gasteiger partial charge in [0, 0.05) is 100.0 Å². The molecule has 0 saturated carbocycles. The first-order chi connectivity index (χ1) is 66.1. The van der Waals surface area contributed by atoms with E-state index in [-0.39, 0.29) is 31.8 Å². The number of aliphatic imine (C=N–C) groups is 1. The molecule has 1 aliphatic heterocycles. The van der Waals surface area contributed by atoms with Crippen molar-refractivity contribution in [2.75, 3.05) is 155 Å². The van der Waals surface area contributed by atoms with Crippen LogP contribution in [-0.4, -0.2) is 186 Å². The predicted octanol–water partition coefficient (Wildman–Crippen LogP) is 27.8. The van der Waals surface area contributed by atoms with Crippen LogP contribution >= 0.6 is 0 Å². The third-order valence-electron chi connectivity index (χ3n) is 23.8. The van der Waals surface area contributed by atoms with Crippen LogP contribution in [0.5, 0.6) is 5.75 Å². The van der Waals surface area contributed by atoms with E-state index in [0.29, 0.717) is 76.0 Å². The molecule has 0 fully saturated rings. The molecule has 0 bridgehead atoms. The summed E-state index contributed by atoms with van der Waals surface area (Å²) >= 11 is 0. The highest BCUT2D eigenvalue weighted by Gasteiger charge is 2.30. The molecule has 8 aromatic carbocycles. The van der Waals surface area contributed by atoms with Crippen LogP contribution in [0.15, 0.2) is 199 Å². The van der Waals surface area contributed by atoms with Crippen LogP contribution in [0.1, 0.15) is 271 Å². The summed E-state index contributed by atoms with van der Waals surface area (Å²) in [6.07, 6.45) is 36.8. The number of imidazole rings is 1. The number of benzene rings is 8. The van der Waals surface area contributed by atoms with Crippen molar-refractivity contribution in [1.82, 2.24) is 20.2 Å². The molecular weight excluding hydrogens is 1720 g/mol. The molecule has 136 heavy (non-hydrogen) atoms. The molecule has 758 valence electrons. The van der Waals surface area contributed by atoms with Crippen molar-refractivity contribution in [2.45, 2.75) is 269 Å². The Balaban J connectivity index is 0.000000412. The van der Waals surface area contributed by atoms with E-state index in [0.717, 1.165) is 78.5 Å². The van der Waals surface area contributed by atoms with Gasteiger partial charge < -0.3 is 64.0 Å². The Morgan fingerprint density at radius 1 is 0.368 bits per heavy atom. The van der Waals surface area contributed by atoms with E-state index in [4.69, 9.17) is 28.7 Å². The molecular formula is C115H176F5N8O8+. The monoisotopic (exact) mass is 1890 g/mol. The average Bonchev–Trinajstić information content (AvgIpc) is 1.00. The van der Waals surface area contributed by atoms with Crippen molar-refractivity contribution in [3.8, 4) is 39.7 Å². The Kier molecular flexibility index (Phi) is 70.7. The lowest BCUT2D eigenvalue weighted by molar-refractivity contribution is -0.929. The highest BCUT2D eigenvalue weighted by Crippen LogP contribution is 2.35. The Hall–Kier alpha value is -8.71. The van der Waals surface area contributed by atoms with Gasteiger partial charge in [0.15, 0.2) is 23.3 Å². The number of quaternary nitrogens is 1. The number of H-pyrrole nitrogens is 1. The van der Waals surface area contributed by atoms with Gasteiger partial charge in [-0.1, -0.05) is 361 Å². The molecule has 0 atom stereocenters. The van der Waals surface area contributed by atoms with E-state index in [1.807, 2.05) is 80.6 Å². The first kappa shape index (κ1) is 121. The predicted molar refractivity (Wildman–Crippen MR) is 563 cm³/mol. The van der Waals surface area contributed by atoms with Crippen LogP contribution in [0.2, 0.25) is 0 Å². The lowest BCUT2D eigenvalue weighted by atomic mass is 10.0. The number of aromatic amines is 1. The zero-order valence-electron chi connectivity index (χ0n) is 85.5. The van der Waals surface area contributed by atoms with E-state index in [9.17, 15) is 32.2 Å². The van der Waals surface area contributed by atoms with E-state index in [1.54, 1.807) is 32.4 Å². The summed E-state index contributed by atoms with van der Waals surface area (Å²) < 4.78 is 95.4. The van der Waals surface area contributed by atoms with Crippen LogP contribution in [0.3, 0.4) is 0 Å². The number of nitrogens with one attached hydrogen (secondary N) is 2. The largest absolute Gasteiger partial charge is 0.490 e. The van der Waals surface area contributed by atoms with Gasteiger partial charge in [0.25, 0.3) is 0 Å². The van der Waals surface area contributed by atoms with Crippen LogP contribution < -0.4 is 19.9 Å². The molecule has 0 saturated heterocycles. The molecule has 0 aliphatic carbocycles. The van der Waals surface area contributed by atoms with Gasteiger partial charge in [-0.25, -0.2) is 26.9 Å². The maximum Gasteiger partial charge on any atom is 0.200 e. The third-order valence-corrected chi connectivity index (χ3v) is 23.8. The molecule has 0 unspecified atom stereocenters. The summed E-state index contributed by atoms with van der Waals surface area (Å²) in [6, 6.07) is 65.6. The van der Waals surface area contributed by atoms with Crippen molar-refractivity contribution in [2.24, 2.45) is 4.99 Å². The summed E-state index contributed by atoms with van der Waals surface area (Å²) in [7, 11) is 3.39. The second kappa shape index (κ2) is 79.1. The number of rotatable bonds is 62. The Morgan fingerprint density at radius 3 is 1.18 bits per heavy atom. The Bertz CT molecular complexity index is 4190.